The molecule has 0 bridgehead atoms. The van der Waals surface area contributed by atoms with Gasteiger partial charge >= 0.3 is 5.69 Å². The highest BCUT2D eigenvalue weighted by molar-refractivity contribution is 5.53. The van der Waals surface area contributed by atoms with Crippen molar-refractivity contribution in [3.8, 4) is 5.69 Å². The second kappa shape index (κ2) is 4.18. The minimum Gasteiger partial charge on any atom is -0.385 e. The number of hydrogen-bond acceptors (Lipinski definition) is 3. The lowest BCUT2D eigenvalue weighted by Gasteiger charge is -2.15. The van der Waals surface area contributed by atoms with Gasteiger partial charge in [-0.15, -0.1) is 0 Å². The molecule has 18 heavy (non-hydrogen) atoms. The van der Waals surface area contributed by atoms with E-state index in [9.17, 15) is 9.59 Å². The second-order valence-corrected chi connectivity index (χ2v) is 4.45. The maximum atomic E-state index is 11.9. The van der Waals surface area contributed by atoms with E-state index in [1.165, 1.54) is 10.6 Å². The van der Waals surface area contributed by atoms with E-state index in [-0.39, 0.29) is 5.82 Å². The van der Waals surface area contributed by atoms with Crippen molar-refractivity contribution in [3.63, 3.8) is 0 Å². The van der Waals surface area contributed by atoms with E-state index in [0.29, 0.717) is 0 Å². The largest absolute Gasteiger partial charge is 0.385 e. The Hall–Kier alpha value is -2.30. The molecule has 5 heteroatoms. The number of nitrogens with two attached hydrogens (primary N) is 1. The molecule has 0 aliphatic carbocycles. The van der Waals surface area contributed by atoms with Crippen molar-refractivity contribution in [2.24, 2.45) is 0 Å². The predicted molar refractivity (Wildman–Crippen MR) is 71.3 cm³/mol. The number of nitrogen functional groups attached to an aromatic ring is 1. The van der Waals surface area contributed by atoms with Crippen LogP contribution in [0.5, 0.6) is 0 Å². The van der Waals surface area contributed by atoms with Crippen LogP contribution in [-0.2, 0) is 0 Å². The predicted octanol–water partition coefficient (Wildman–Crippen LogP) is 1.03. The first-order valence-electron chi connectivity index (χ1n) is 5.60. The highest BCUT2D eigenvalue weighted by atomic mass is 16.2. The number of anilines is 1. The van der Waals surface area contributed by atoms with Crippen molar-refractivity contribution in [1.82, 2.24) is 9.55 Å². The van der Waals surface area contributed by atoms with E-state index >= 15 is 0 Å². The average molecular weight is 245 g/mol. The van der Waals surface area contributed by atoms with Crippen molar-refractivity contribution in [2.45, 2.75) is 20.8 Å². The molecular formula is C13H15N3O2. The zero-order valence-corrected chi connectivity index (χ0v) is 10.6. The molecule has 1 aromatic heterocycles. The minimum atomic E-state index is -0.518. The Kier molecular flexibility index (Phi) is 2.82. The van der Waals surface area contributed by atoms with Gasteiger partial charge in [0, 0.05) is 6.07 Å². The maximum Gasteiger partial charge on any atom is 0.334 e. The zero-order chi connectivity index (χ0) is 13.4. The molecule has 0 saturated carbocycles. The SMILES string of the molecule is Cc1cc(C)c(-n2c(N)cc(=O)[nH]c2=O)c(C)c1. The Labute approximate surface area is 104 Å². The van der Waals surface area contributed by atoms with Crippen LogP contribution in [0.1, 0.15) is 16.7 Å². The van der Waals surface area contributed by atoms with E-state index in [4.69, 9.17) is 5.73 Å². The van der Waals surface area contributed by atoms with Gasteiger partial charge < -0.3 is 5.73 Å². The van der Waals surface area contributed by atoms with Gasteiger partial charge in [0.2, 0.25) is 0 Å². The summed E-state index contributed by atoms with van der Waals surface area (Å²) in [6.45, 7) is 5.81. The van der Waals surface area contributed by atoms with Crippen LogP contribution in [0, 0.1) is 20.8 Å². The molecule has 0 saturated heterocycles. The van der Waals surface area contributed by atoms with E-state index in [2.05, 4.69) is 4.98 Å². The molecule has 3 N–H and O–H groups in total. The van der Waals surface area contributed by atoms with E-state index in [1.54, 1.807) is 0 Å². The van der Waals surface area contributed by atoms with Gasteiger partial charge in [-0.3, -0.25) is 9.78 Å². The molecule has 0 fully saturated rings. The number of nitrogens with zero attached hydrogens (tertiary/aromatic N) is 1. The van der Waals surface area contributed by atoms with Crippen LogP contribution in [0.15, 0.2) is 27.8 Å². The Bertz CT molecular complexity index is 703. The van der Waals surface area contributed by atoms with E-state index in [0.717, 1.165) is 22.4 Å². The van der Waals surface area contributed by atoms with Crippen LogP contribution in [0.3, 0.4) is 0 Å². The van der Waals surface area contributed by atoms with Crippen LogP contribution in [0.25, 0.3) is 5.69 Å². The lowest BCUT2D eigenvalue weighted by atomic mass is 10.0. The summed E-state index contributed by atoms with van der Waals surface area (Å²) in [6.07, 6.45) is 0. The van der Waals surface area contributed by atoms with Crippen LogP contribution >= 0.6 is 0 Å². The summed E-state index contributed by atoms with van der Waals surface area (Å²) in [5, 5.41) is 0. The average Bonchev–Trinajstić information content (AvgIpc) is 2.20. The molecule has 0 atom stereocenters. The number of benzene rings is 1. The third-order valence-electron chi connectivity index (χ3n) is 2.83. The first kappa shape index (κ1) is 12.2. The maximum absolute atomic E-state index is 11.9. The summed E-state index contributed by atoms with van der Waals surface area (Å²) in [6, 6.07) is 5.15. The van der Waals surface area contributed by atoms with Gasteiger partial charge in [0.1, 0.15) is 5.82 Å². The molecule has 94 valence electrons. The van der Waals surface area contributed by atoms with Gasteiger partial charge in [-0.25, -0.2) is 9.36 Å². The number of aromatic nitrogens is 2. The van der Waals surface area contributed by atoms with Gasteiger partial charge in [0.15, 0.2) is 0 Å². The van der Waals surface area contributed by atoms with Crippen LogP contribution < -0.4 is 17.0 Å². The fraction of sp³-hybridized carbons (Fsp3) is 0.231. The summed E-state index contributed by atoms with van der Waals surface area (Å²) in [5.41, 5.74) is 8.48. The summed E-state index contributed by atoms with van der Waals surface area (Å²) in [7, 11) is 0. The number of H-pyrrole nitrogens is 1. The van der Waals surface area contributed by atoms with Crippen LogP contribution in [-0.4, -0.2) is 9.55 Å². The first-order chi connectivity index (χ1) is 8.40. The Morgan fingerprint density at radius 1 is 1.06 bits per heavy atom. The molecule has 0 unspecified atom stereocenters. The van der Waals surface area contributed by atoms with Gasteiger partial charge in [-0.05, 0) is 31.9 Å². The molecule has 0 aliphatic rings. The van der Waals surface area contributed by atoms with Gasteiger partial charge in [0.25, 0.3) is 5.56 Å². The number of aryl methyl sites for hydroxylation is 3. The first-order valence-corrected chi connectivity index (χ1v) is 5.60. The summed E-state index contributed by atoms with van der Waals surface area (Å²) < 4.78 is 1.32. The summed E-state index contributed by atoms with van der Waals surface area (Å²) >= 11 is 0. The molecule has 0 amide bonds. The smallest absolute Gasteiger partial charge is 0.334 e. The number of nitrogens with one attached hydrogen (secondary N) is 1. The molecule has 1 aromatic carbocycles. The third kappa shape index (κ3) is 1.95. The second-order valence-electron chi connectivity index (χ2n) is 4.45. The molecule has 2 rings (SSSR count). The quantitative estimate of drug-likeness (QED) is 0.787. The standard InChI is InChI=1S/C13H15N3O2/c1-7-4-8(2)12(9(3)5-7)16-10(14)6-11(17)15-13(16)18/h4-6H,14H2,1-3H3,(H,15,17,18). The molecule has 5 nitrogen and oxygen atoms in total. The lowest BCUT2D eigenvalue weighted by molar-refractivity contribution is 0.894. The van der Waals surface area contributed by atoms with Crippen molar-refractivity contribution in [1.29, 1.82) is 0 Å². The van der Waals surface area contributed by atoms with Gasteiger partial charge in [-0.2, -0.15) is 0 Å². The topological polar surface area (TPSA) is 80.9 Å². The Morgan fingerprint density at radius 2 is 1.61 bits per heavy atom. The highest BCUT2D eigenvalue weighted by Crippen LogP contribution is 2.20. The van der Waals surface area contributed by atoms with Crippen LogP contribution in [0.2, 0.25) is 0 Å². The monoisotopic (exact) mass is 245 g/mol. The highest BCUT2D eigenvalue weighted by Gasteiger charge is 2.11. The Morgan fingerprint density at radius 3 is 2.11 bits per heavy atom. The van der Waals surface area contributed by atoms with Crippen molar-refractivity contribution in [3.05, 3.63) is 55.7 Å². The summed E-state index contributed by atoms with van der Waals surface area (Å²) in [5.74, 6) is 0.138. The molecule has 1 heterocycles. The third-order valence-corrected chi connectivity index (χ3v) is 2.83. The lowest BCUT2D eigenvalue weighted by Crippen LogP contribution is -2.31. The minimum absolute atomic E-state index is 0.138. The molecule has 0 radical (unpaired) electrons. The van der Waals surface area contributed by atoms with Crippen molar-refractivity contribution in [2.75, 3.05) is 5.73 Å². The fourth-order valence-electron chi connectivity index (χ4n) is 2.27. The number of hydrogen-bond donors (Lipinski definition) is 2. The number of aromatic amines is 1. The molecular weight excluding hydrogens is 230 g/mol. The van der Waals surface area contributed by atoms with Crippen LogP contribution in [0.4, 0.5) is 5.82 Å². The van der Waals surface area contributed by atoms with Crippen molar-refractivity contribution < 1.29 is 0 Å². The molecule has 2 aromatic rings. The van der Waals surface area contributed by atoms with E-state index < -0.39 is 11.2 Å². The van der Waals surface area contributed by atoms with Crippen molar-refractivity contribution >= 4 is 5.82 Å². The zero-order valence-electron chi connectivity index (χ0n) is 10.6. The molecule has 0 aliphatic heterocycles. The fourth-order valence-corrected chi connectivity index (χ4v) is 2.27. The summed E-state index contributed by atoms with van der Waals surface area (Å²) in [4.78, 5) is 25.3. The Balaban J connectivity index is 2.86. The van der Waals surface area contributed by atoms with Gasteiger partial charge in [-0.1, -0.05) is 17.7 Å². The number of rotatable bonds is 1. The van der Waals surface area contributed by atoms with Gasteiger partial charge in [0.05, 0.1) is 5.69 Å². The van der Waals surface area contributed by atoms with E-state index in [1.807, 2.05) is 32.9 Å². The molecule has 0 spiro atoms. The normalized spacial score (nSPS) is 10.6.